The van der Waals surface area contributed by atoms with E-state index in [4.69, 9.17) is 4.74 Å². The molecule has 0 fully saturated rings. The van der Waals surface area contributed by atoms with Crippen LogP contribution in [0.1, 0.15) is 10.4 Å². The Bertz CT molecular complexity index is 666. The molecule has 1 aromatic carbocycles. The molecule has 2 rings (SSSR count). The number of amides is 1. The van der Waals surface area contributed by atoms with Gasteiger partial charge in [0.15, 0.2) is 11.5 Å². The maximum atomic E-state index is 12.2. The Morgan fingerprint density at radius 3 is 2.64 bits per heavy atom. The summed E-state index contributed by atoms with van der Waals surface area (Å²) < 4.78 is 34.5. The van der Waals surface area contributed by atoms with Crippen molar-refractivity contribution < 1.29 is 23.0 Å². The van der Waals surface area contributed by atoms with Gasteiger partial charge in [-0.1, -0.05) is 0 Å². The second-order valence-corrected chi connectivity index (χ2v) is 4.98. The number of pyridine rings is 1. The minimum atomic E-state index is -2.97. The van der Waals surface area contributed by atoms with Gasteiger partial charge in [-0.25, -0.2) is 4.98 Å². The van der Waals surface area contributed by atoms with Crippen molar-refractivity contribution in [3.8, 4) is 11.5 Å². The molecule has 2 aromatic rings. The zero-order valence-corrected chi connectivity index (χ0v) is 12.9. The highest BCUT2D eigenvalue weighted by Gasteiger charge is 2.14. The average molecular weight is 373 g/mol. The molecule has 0 spiro atoms. The number of alkyl halides is 2. The quantitative estimate of drug-likeness (QED) is 0.868. The van der Waals surface area contributed by atoms with Crippen LogP contribution in [0.4, 0.5) is 14.6 Å². The maximum absolute atomic E-state index is 12.2. The van der Waals surface area contributed by atoms with Gasteiger partial charge in [-0.3, -0.25) is 4.79 Å². The van der Waals surface area contributed by atoms with E-state index in [1.54, 1.807) is 12.1 Å². The summed E-state index contributed by atoms with van der Waals surface area (Å²) >= 11 is 3.24. The van der Waals surface area contributed by atoms with Crippen molar-refractivity contribution in [1.82, 2.24) is 4.98 Å². The fraction of sp³-hybridized carbons (Fsp3) is 0.143. The van der Waals surface area contributed by atoms with Gasteiger partial charge in [-0.2, -0.15) is 8.78 Å². The number of halogens is 3. The Balaban J connectivity index is 2.17. The van der Waals surface area contributed by atoms with E-state index >= 15 is 0 Å². The Labute approximate surface area is 133 Å². The number of anilines is 1. The Morgan fingerprint density at radius 1 is 1.27 bits per heavy atom. The van der Waals surface area contributed by atoms with E-state index < -0.39 is 12.5 Å². The van der Waals surface area contributed by atoms with Crippen LogP contribution in [0.25, 0.3) is 0 Å². The molecule has 0 aliphatic heterocycles. The number of carbonyl (C=O) groups is 1. The average Bonchev–Trinajstić information content (AvgIpc) is 2.49. The van der Waals surface area contributed by atoms with Crippen molar-refractivity contribution in [3.63, 3.8) is 0 Å². The summed E-state index contributed by atoms with van der Waals surface area (Å²) in [4.78, 5) is 16.1. The van der Waals surface area contributed by atoms with E-state index in [9.17, 15) is 13.6 Å². The summed E-state index contributed by atoms with van der Waals surface area (Å²) in [5.41, 5.74) is 0.225. The Morgan fingerprint density at radius 2 is 2.05 bits per heavy atom. The first-order chi connectivity index (χ1) is 10.5. The number of hydrogen-bond acceptors (Lipinski definition) is 4. The van der Waals surface area contributed by atoms with Gasteiger partial charge in [-0.15, -0.1) is 0 Å². The van der Waals surface area contributed by atoms with Gasteiger partial charge >= 0.3 is 6.61 Å². The summed E-state index contributed by atoms with van der Waals surface area (Å²) in [6.07, 6.45) is 1.54. The minimum absolute atomic E-state index is 0.0386. The number of aromatic nitrogens is 1. The number of ether oxygens (including phenoxy) is 2. The lowest BCUT2D eigenvalue weighted by Crippen LogP contribution is -2.13. The first-order valence-corrected chi connectivity index (χ1v) is 6.84. The predicted octanol–water partition coefficient (Wildman–Crippen LogP) is 3.71. The van der Waals surface area contributed by atoms with Crippen LogP contribution in [0.5, 0.6) is 11.5 Å². The second-order valence-electron chi connectivity index (χ2n) is 4.06. The number of nitrogens with zero attached hydrogens (tertiary/aromatic N) is 1. The molecule has 1 heterocycles. The van der Waals surface area contributed by atoms with Gasteiger partial charge in [-0.05, 0) is 46.3 Å². The van der Waals surface area contributed by atoms with Crippen LogP contribution < -0.4 is 14.8 Å². The van der Waals surface area contributed by atoms with E-state index in [1.165, 1.54) is 31.5 Å². The standard InChI is InChI=1S/C14H11BrF2N2O3/c1-21-11-6-8(2-4-10(11)22-14(16)17)13(20)19-12-5-3-9(15)7-18-12/h2-7,14H,1H3,(H,18,19,20). The van der Waals surface area contributed by atoms with Gasteiger partial charge in [0.05, 0.1) is 7.11 Å². The van der Waals surface area contributed by atoms with Crippen molar-refractivity contribution in [2.75, 3.05) is 12.4 Å². The molecule has 0 radical (unpaired) electrons. The van der Waals surface area contributed by atoms with E-state index in [-0.39, 0.29) is 17.1 Å². The minimum Gasteiger partial charge on any atom is -0.493 e. The van der Waals surface area contributed by atoms with Crippen molar-refractivity contribution in [2.24, 2.45) is 0 Å². The molecule has 1 amide bonds. The first kappa shape index (κ1) is 16.2. The van der Waals surface area contributed by atoms with Gasteiger partial charge < -0.3 is 14.8 Å². The van der Waals surface area contributed by atoms with Crippen LogP contribution in [0, 0.1) is 0 Å². The molecule has 5 nitrogen and oxygen atoms in total. The summed E-state index contributed by atoms with van der Waals surface area (Å²) in [6, 6.07) is 7.26. The molecular weight excluding hydrogens is 362 g/mol. The molecule has 0 saturated carbocycles. The molecule has 116 valence electrons. The molecule has 0 saturated heterocycles. The SMILES string of the molecule is COc1cc(C(=O)Nc2ccc(Br)cn2)ccc1OC(F)F. The summed E-state index contributed by atoms with van der Waals surface area (Å²) in [5, 5.41) is 2.58. The molecule has 0 aliphatic carbocycles. The zero-order chi connectivity index (χ0) is 16.1. The van der Waals surface area contributed by atoms with Crippen molar-refractivity contribution >= 4 is 27.7 Å². The van der Waals surface area contributed by atoms with Crippen molar-refractivity contribution in [2.45, 2.75) is 6.61 Å². The smallest absolute Gasteiger partial charge is 0.387 e. The van der Waals surface area contributed by atoms with Gasteiger partial charge in [0.25, 0.3) is 5.91 Å². The fourth-order valence-corrected chi connectivity index (χ4v) is 1.87. The van der Waals surface area contributed by atoms with E-state index in [0.29, 0.717) is 5.82 Å². The van der Waals surface area contributed by atoms with Gasteiger partial charge in [0.1, 0.15) is 5.82 Å². The van der Waals surface area contributed by atoms with Crippen molar-refractivity contribution in [1.29, 1.82) is 0 Å². The number of rotatable bonds is 5. The highest BCUT2D eigenvalue weighted by Crippen LogP contribution is 2.29. The summed E-state index contributed by atoms with van der Waals surface area (Å²) in [7, 11) is 1.30. The number of methoxy groups -OCH3 is 1. The van der Waals surface area contributed by atoms with E-state index in [2.05, 4.69) is 31.0 Å². The topological polar surface area (TPSA) is 60.5 Å². The second kappa shape index (κ2) is 7.17. The van der Waals surface area contributed by atoms with Crippen molar-refractivity contribution in [3.05, 3.63) is 46.6 Å². The van der Waals surface area contributed by atoms with Crippen LogP contribution in [0.3, 0.4) is 0 Å². The monoisotopic (exact) mass is 372 g/mol. The van der Waals surface area contributed by atoms with Crippen LogP contribution in [0.2, 0.25) is 0 Å². The molecule has 1 aromatic heterocycles. The fourth-order valence-electron chi connectivity index (χ4n) is 1.64. The van der Waals surface area contributed by atoms with Crippen LogP contribution >= 0.6 is 15.9 Å². The number of benzene rings is 1. The number of nitrogens with one attached hydrogen (secondary N) is 1. The molecule has 0 unspecified atom stereocenters. The zero-order valence-electron chi connectivity index (χ0n) is 11.3. The van der Waals surface area contributed by atoms with Crippen LogP contribution in [0.15, 0.2) is 41.0 Å². The molecule has 0 aliphatic rings. The van der Waals surface area contributed by atoms with Gasteiger partial charge in [0, 0.05) is 16.2 Å². The van der Waals surface area contributed by atoms with E-state index in [1.807, 2.05) is 0 Å². The first-order valence-electron chi connectivity index (χ1n) is 6.05. The third kappa shape index (κ3) is 4.14. The maximum Gasteiger partial charge on any atom is 0.387 e. The third-order valence-corrected chi connectivity index (χ3v) is 3.08. The summed E-state index contributed by atoms with van der Waals surface area (Å²) in [5.74, 6) is -0.190. The lowest BCUT2D eigenvalue weighted by molar-refractivity contribution is -0.0512. The molecule has 0 bridgehead atoms. The Hall–Kier alpha value is -2.22. The van der Waals surface area contributed by atoms with E-state index in [0.717, 1.165) is 4.47 Å². The molecule has 8 heteroatoms. The van der Waals surface area contributed by atoms with Crippen LogP contribution in [-0.4, -0.2) is 24.6 Å². The number of hydrogen-bond donors (Lipinski definition) is 1. The highest BCUT2D eigenvalue weighted by molar-refractivity contribution is 9.10. The van der Waals surface area contributed by atoms with Crippen LogP contribution in [-0.2, 0) is 0 Å². The Kier molecular flexibility index (Phi) is 5.26. The predicted molar refractivity (Wildman–Crippen MR) is 79.5 cm³/mol. The highest BCUT2D eigenvalue weighted by atomic mass is 79.9. The summed E-state index contributed by atoms with van der Waals surface area (Å²) in [6.45, 7) is -2.97. The largest absolute Gasteiger partial charge is 0.493 e. The molecule has 22 heavy (non-hydrogen) atoms. The molecule has 1 N–H and O–H groups in total. The van der Waals surface area contributed by atoms with Gasteiger partial charge in [0.2, 0.25) is 0 Å². The third-order valence-electron chi connectivity index (χ3n) is 2.61. The number of carbonyl (C=O) groups excluding carboxylic acids is 1. The normalized spacial score (nSPS) is 10.4. The lowest BCUT2D eigenvalue weighted by Gasteiger charge is -2.11. The molecular formula is C14H11BrF2N2O3. The lowest BCUT2D eigenvalue weighted by atomic mass is 10.2. The molecule has 0 atom stereocenters.